The van der Waals surface area contributed by atoms with Crippen LogP contribution in [0.2, 0.25) is 0 Å². The Labute approximate surface area is 112 Å². The third-order valence-electron chi connectivity index (χ3n) is 3.91. The molecule has 3 rings (SSSR count). The van der Waals surface area contributed by atoms with E-state index < -0.39 is 4.92 Å². The molecule has 1 aliphatic heterocycles. The SMILES string of the molecule is O=[N+]([O-])c1ccc(NCC2CCN(C3CC3)C2)cn1. The van der Waals surface area contributed by atoms with Crippen LogP contribution in [0.5, 0.6) is 0 Å². The summed E-state index contributed by atoms with van der Waals surface area (Å²) in [4.78, 5) is 16.4. The van der Waals surface area contributed by atoms with Crippen LogP contribution in [0.25, 0.3) is 0 Å². The lowest BCUT2D eigenvalue weighted by atomic mass is 10.1. The number of nitro groups is 1. The minimum atomic E-state index is -0.478. The molecule has 6 heteroatoms. The van der Waals surface area contributed by atoms with E-state index in [1.54, 1.807) is 6.07 Å². The second-order valence-corrected chi connectivity index (χ2v) is 5.42. The number of nitrogens with zero attached hydrogens (tertiary/aromatic N) is 3. The highest BCUT2D eigenvalue weighted by molar-refractivity contribution is 5.43. The minimum Gasteiger partial charge on any atom is -0.382 e. The van der Waals surface area contributed by atoms with E-state index in [0.29, 0.717) is 5.92 Å². The maximum Gasteiger partial charge on any atom is 0.363 e. The molecule has 1 aromatic heterocycles. The lowest BCUT2D eigenvalue weighted by molar-refractivity contribution is -0.389. The first-order valence-electron chi connectivity index (χ1n) is 6.81. The van der Waals surface area contributed by atoms with Gasteiger partial charge in [-0.15, -0.1) is 0 Å². The Morgan fingerprint density at radius 1 is 1.42 bits per heavy atom. The van der Waals surface area contributed by atoms with Gasteiger partial charge in [-0.1, -0.05) is 0 Å². The van der Waals surface area contributed by atoms with E-state index >= 15 is 0 Å². The smallest absolute Gasteiger partial charge is 0.363 e. The van der Waals surface area contributed by atoms with E-state index in [9.17, 15) is 10.1 Å². The molecular weight excluding hydrogens is 244 g/mol. The van der Waals surface area contributed by atoms with Crippen LogP contribution < -0.4 is 5.32 Å². The minimum absolute atomic E-state index is 0.105. The molecule has 1 saturated carbocycles. The summed E-state index contributed by atoms with van der Waals surface area (Å²) in [5.74, 6) is 0.571. The number of aromatic nitrogens is 1. The summed E-state index contributed by atoms with van der Waals surface area (Å²) in [6, 6.07) is 4.01. The summed E-state index contributed by atoms with van der Waals surface area (Å²) >= 11 is 0. The van der Waals surface area contributed by atoms with Crippen LogP contribution in [0, 0.1) is 16.0 Å². The number of pyridine rings is 1. The summed E-state index contributed by atoms with van der Waals surface area (Å²) in [5.41, 5.74) is 0.857. The van der Waals surface area contributed by atoms with Gasteiger partial charge in [-0.25, -0.2) is 0 Å². The van der Waals surface area contributed by atoms with Gasteiger partial charge in [0.15, 0.2) is 6.20 Å². The standard InChI is InChI=1S/C13H18N4O2/c18-17(19)13-4-1-11(8-15-13)14-7-10-5-6-16(9-10)12-2-3-12/h1,4,8,10,12,14H,2-3,5-7,9H2. The Balaban J connectivity index is 1.48. The fraction of sp³-hybridized carbons (Fsp3) is 0.615. The Morgan fingerprint density at radius 3 is 2.89 bits per heavy atom. The Kier molecular flexibility index (Phi) is 3.33. The van der Waals surface area contributed by atoms with E-state index in [2.05, 4.69) is 15.2 Å². The van der Waals surface area contributed by atoms with Crippen molar-refractivity contribution in [1.82, 2.24) is 9.88 Å². The lowest BCUT2D eigenvalue weighted by Crippen LogP contribution is -2.24. The molecule has 0 bridgehead atoms. The molecule has 6 nitrogen and oxygen atoms in total. The average Bonchev–Trinajstić information content (AvgIpc) is 3.16. The van der Waals surface area contributed by atoms with Crippen molar-refractivity contribution in [3.8, 4) is 0 Å². The molecule has 1 N–H and O–H groups in total. The largest absolute Gasteiger partial charge is 0.382 e. The number of hydrogen-bond donors (Lipinski definition) is 1. The van der Waals surface area contributed by atoms with E-state index in [4.69, 9.17) is 0 Å². The summed E-state index contributed by atoms with van der Waals surface area (Å²) in [6.45, 7) is 3.32. The molecule has 2 fully saturated rings. The zero-order valence-corrected chi connectivity index (χ0v) is 10.8. The number of rotatable bonds is 5. The van der Waals surface area contributed by atoms with Crippen LogP contribution in [-0.4, -0.2) is 40.5 Å². The highest BCUT2D eigenvalue weighted by atomic mass is 16.6. The summed E-state index contributed by atoms with van der Waals surface area (Å²) in [5, 5.41) is 13.8. The topological polar surface area (TPSA) is 71.3 Å². The molecule has 102 valence electrons. The van der Waals surface area contributed by atoms with Crippen LogP contribution >= 0.6 is 0 Å². The van der Waals surface area contributed by atoms with Crippen LogP contribution in [0.15, 0.2) is 18.3 Å². The van der Waals surface area contributed by atoms with Crippen LogP contribution in [0.1, 0.15) is 19.3 Å². The summed E-state index contributed by atoms with van der Waals surface area (Å²) in [7, 11) is 0. The molecule has 1 unspecified atom stereocenters. The third kappa shape index (κ3) is 3.01. The summed E-state index contributed by atoms with van der Waals surface area (Å²) < 4.78 is 0. The van der Waals surface area contributed by atoms with Crippen molar-refractivity contribution in [2.75, 3.05) is 25.0 Å². The maximum atomic E-state index is 10.5. The van der Waals surface area contributed by atoms with Crippen molar-refractivity contribution in [3.63, 3.8) is 0 Å². The third-order valence-corrected chi connectivity index (χ3v) is 3.91. The van der Waals surface area contributed by atoms with Gasteiger partial charge >= 0.3 is 5.82 Å². The van der Waals surface area contributed by atoms with Gasteiger partial charge in [-0.2, -0.15) is 0 Å². The normalized spacial score (nSPS) is 23.5. The molecule has 1 atom stereocenters. The fourth-order valence-electron chi connectivity index (χ4n) is 2.66. The first kappa shape index (κ1) is 12.3. The van der Waals surface area contributed by atoms with Crippen LogP contribution in [0.3, 0.4) is 0 Å². The van der Waals surface area contributed by atoms with Gasteiger partial charge in [0.25, 0.3) is 0 Å². The lowest BCUT2D eigenvalue weighted by Gasteiger charge is -2.15. The highest BCUT2D eigenvalue weighted by Crippen LogP contribution is 2.31. The van der Waals surface area contributed by atoms with E-state index in [1.807, 2.05) is 0 Å². The Morgan fingerprint density at radius 2 is 2.26 bits per heavy atom. The number of likely N-dealkylation sites (tertiary alicyclic amines) is 1. The summed E-state index contributed by atoms with van der Waals surface area (Å²) in [6.07, 6.45) is 5.51. The molecule has 2 heterocycles. The van der Waals surface area contributed by atoms with Gasteiger partial charge < -0.3 is 20.3 Å². The molecule has 0 spiro atoms. The zero-order valence-electron chi connectivity index (χ0n) is 10.8. The van der Waals surface area contributed by atoms with Crippen molar-refractivity contribution in [1.29, 1.82) is 0 Å². The molecule has 0 aromatic carbocycles. The van der Waals surface area contributed by atoms with E-state index in [1.165, 1.54) is 44.6 Å². The second kappa shape index (κ2) is 5.13. The van der Waals surface area contributed by atoms with Gasteiger partial charge in [-0.3, -0.25) is 0 Å². The Bertz CT molecular complexity index is 458. The van der Waals surface area contributed by atoms with Gasteiger partial charge in [0.1, 0.15) is 0 Å². The first-order valence-corrected chi connectivity index (χ1v) is 6.81. The monoisotopic (exact) mass is 262 g/mol. The molecule has 19 heavy (non-hydrogen) atoms. The predicted octanol–water partition coefficient (Wildman–Crippen LogP) is 1.89. The van der Waals surface area contributed by atoms with Gasteiger partial charge in [0, 0.05) is 25.2 Å². The zero-order chi connectivity index (χ0) is 13.2. The maximum absolute atomic E-state index is 10.5. The second-order valence-electron chi connectivity index (χ2n) is 5.42. The van der Waals surface area contributed by atoms with Crippen molar-refractivity contribution >= 4 is 11.5 Å². The van der Waals surface area contributed by atoms with E-state index in [0.717, 1.165) is 18.3 Å². The van der Waals surface area contributed by atoms with Crippen molar-refractivity contribution in [2.24, 2.45) is 5.92 Å². The molecule has 2 aliphatic rings. The van der Waals surface area contributed by atoms with Gasteiger partial charge in [0.2, 0.25) is 0 Å². The predicted molar refractivity (Wildman–Crippen MR) is 72.1 cm³/mol. The average molecular weight is 262 g/mol. The molecule has 0 radical (unpaired) electrons. The Hall–Kier alpha value is -1.69. The van der Waals surface area contributed by atoms with Gasteiger partial charge in [0.05, 0.1) is 5.69 Å². The van der Waals surface area contributed by atoms with E-state index in [-0.39, 0.29) is 5.82 Å². The van der Waals surface area contributed by atoms with Gasteiger partial charge in [-0.05, 0) is 47.7 Å². The van der Waals surface area contributed by atoms with Crippen LogP contribution in [-0.2, 0) is 0 Å². The molecule has 0 amide bonds. The number of hydrogen-bond acceptors (Lipinski definition) is 5. The molecule has 1 saturated heterocycles. The van der Waals surface area contributed by atoms with Crippen molar-refractivity contribution < 1.29 is 4.92 Å². The van der Waals surface area contributed by atoms with Crippen molar-refractivity contribution in [2.45, 2.75) is 25.3 Å². The molecule has 1 aliphatic carbocycles. The number of nitrogens with one attached hydrogen (secondary N) is 1. The first-order chi connectivity index (χ1) is 9.22. The molecular formula is C13H18N4O2. The van der Waals surface area contributed by atoms with Crippen molar-refractivity contribution in [3.05, 3.63) is 28.4 Å². The fourth-order valence-corrected chi connectivity index (χ4v) is 2.66. The van der Waals surface area contributed by atoms with Crippen LogP contribution in [0.4, 0.5) is 11.5 Å². The molecule has 1 aromatic rings. The highest BCUT2D eigenvalue weighted by Gasteiger charge is 2.34. The quantitative estimate of drug-likeness (QED) is 0.648. The number of anilines is 1.